The third kappa shape index (κ3) is 16.3. The van der Waals surface area contributed by atoms with Crippen LogP contribution in [0.15, 0.2) is 134 Å². The molecule has 0 bridgehead atoms. The minimum absolute atomic E-state index is 0.0666. The molecule has 2 aliphatic rings. The summed E-state index contributed by atoms with van der Waals surface area (Å²) in [5.41, 5.74) is 3.51. The molecule has 0 radical (unpaired) electrons. The van der Waals surface area contributed by atoms with Crippen molar-refractivity contribution in [2.75, 3.05) is 20.5 Å². The summed E-state index contributed by atoms with van der Waals surface area (Å²) in [4.78, 5) is 0. The lowest BCUT2D eigenvalue weighted by Gasteiger charge is -2.48. The van der Waals surface area contributed by atoms with Crippen LogP contribution in [-0.2, 0) is 32.5 Å². The topological polar surface area (TPSA) is 64.6 Å². The third-order valence-electron chi connectivity index (χ3n) is 14.2. The van der Waals surface area contributed by atoms with Gasteiger partial charge in [0, 0.05) is 13.7 Å². The fourth-order valence-electron chi connectivity index (χ4n) is 11.1. The lowest BCUT2D eigenvalue weighted by Crippen LogP contribution is -2.66. The summed E-state index contributed by atoms with van der Waals surface area (Å²) in [6.45, 7) is 41.0. The van der Waals surface area contributed by atoms with E-state index in [0.717, 1.165) is 49.7 Å². The van der Waals surface area contributed by atoms with Gasteiger partial charge in [-0.05, 0) is 103 Å². The van der Waals surface area contributed by atoms with Gasteiger partial charge in [0.05, 0.1) is 18.3 Å². The first-order valence-electron chi connectivity index (χ1n) is 26.1. The van der Waals surface area contributed by atoms with Gasteiger partial charge in [-0.3, -0.25) is 0 Å². The molecule has 2 fully saturated rings. The van der Waals surface area contributed by atoms with Crippen molar-refractivity contribution >= 4 is 27.0 Å². The molecule has 0 aliphatic carbocycles. The lowest BCUT2D eigenvalue weighted by atomic mass is 9.90. The molecule has 69 heavy (non-hydrogen) atoms. The second-order valence-electron chi connectivity index (χ2n) is 22.5. The van der Waals surface area contributed by atoms with Gasteiger partial charge in [-0.2, -0.15) is 0 Å². The first kappa shape index (κ1) is 58.6. The van der Waals surface area contributed by atoms with E-state index in [1.54, 1.807) is 7.11 Å². The summed E-state index contributed by atoms with van der Waals surface area (Å²) in [7, 11) is -3.22. The van der Waals surface area contributed by atoms with Crippen LogP contribution in [0.2, 0.25) is 21.7 Å². The van der Waals surface area contributed by atoms with E-state index < -0.39 is 22.4 Å². The van der Waals surface area contributed by atoms with E-state index in [2.05, 4.69) is 206 Å². The van der Waals surface area contributed by atoms with Gasteiger partial charge >= 0.3 is 0 Å². The molecule has 2 aromatic rings. The molecule has 0 unspecified atom stereocenters. The summed E-state index contributed by atoms with van der Waals surface area (Å²) in [6.07, 6.45) is 21.8. The van der Waals surface area contributed by atoms with Gasteiger partial charge in [-0.1, -0.05) is 210 Å². The first-order valence-corrected chi connectivity index (χ1v) is 30.2. The van der Waals surface area contributed by atoms with Crippen molar-refractivity contribution in [1.29, 1.82) is 0 Å². The molecule has 384 valence electrons. The number of benzene rings is 2. The van der Waals surface area contributed by atoms with E-state index in [1.807, 2.05) is 13.8 Å². The van der Waals surface area contributed by atoms with E-state index >= 15 is 0 Å². The minimum atomic E-state index is -2.61. The Labute approximate surface area is 423 Å². The van der Waals surface area contributed by atoms with Crippen molar-refractivity contribution in [2.24, 2.45) is 11.8 Å². The molecule has 4 rings (SSSR count). The lowest BCUT2D eigenvalue weighted by molar-refractivity contribution is -0.167. The molecule has 7 nitrogen and oxygen atoms in total. The monoisotopic (exact) mass is 983 g/mol. The van der Waals surface area contributed by atoms with Crippen LogP contribution in [0.1, 0.15) is 135 Å². The fraction of sp³-hybridized carbons (Fsp3) is 0.600. The summed E-state index contributed by atoms with van der Waals surface area (Å²) in [6, 6.07) is 21.7. The molecule has 2 aromatic carbocycles. The molecule has 0 N–H and O–H groups in total. The predicted molar refractivity (Wildman–Crippen MR) is 295 cm³/mol. The zero-order chi connectivity index (χ0) is 51.0. The predicted octanol–water partition coefficient (Wildman–Crippen LogP) is 14.4. The van der Waals surface area contributed by atoms with Gasteiger partial charge in [-0.25, -0.2) is 0 Å². The van der Waals surface area contributed by atoms with Crippen molar-refractivity contribution in [3.63, 3.8) is 0 Å². The maximum absolute atomic E-state index is 7.68. The Morgan fingerprint density at radius 2 is 1.39 bits per heavy atom. The molecule has 0 aromatic heterocycles. The Balaban J connectivity index is 1.42. The van der Waals surface area contributed by atoms with Crippen LogP contribution in [0.4, 0.5) is 0 Å². The number of methoxy groups -OCH3 is 1. The maximum Gasteiger partial charge on any atom is 0.261 e. The Kier molecular flexibility index (Phi) is 23.1. The molecule has 9 heteroatoms. The van der Waals surface area contributed by atoms with Gasteiger partial charge in [0.2, 0.25) is 8.32 Å². The highest BCUT2D eigenvalue weighted by Crippen LogP contribution is 2.46. The van der Waals surface area contributed by atoms with Crippen LogP contribution in [0.5, 0.6) is 0 Å². The molecule has 2 heterocycles. The van der Waals surface area contributed by atoms with Crippen LogP contribution < -0.4 is 10.4 Å². The van der Waals surface area contributed by atoms with Gasteiger partial charge in [0.15, 0.2) is 5.79 Å². The average Bonchev–Trinajstić information content (AvgIpc) is 3.87. The molecular formula is C60H94O7Si2. The molecule has 0 saturated carbocycles. The van der Waals surface area contributed by atoms with E-state index in [4.69, 9.17) is 32.5 Å². The highest BCUT2D eigenvalue weighted by Gasteiger charge is 2.52. The number of hydrogen-bond donors (Lipinski definition) is 0. The second-order valence-corrected chi connectivity index (χ2v) is 32.2. The van der Waals surface area contributed by atoms with Crippen molar-refractivity contribution in [1.82, 2.24) is 0 Å². The Hall–Kier alpha value is -2.97. The first-order chi connectivity index (χ1) is 32.6. The summed E-state index contributed by atoms with van der Waals surface area (Å²) in [5, 5.41) is 2.53. The molecule has 0 spiro atoms. The Bertz CT molecular complexity index is 1900. The van der Waals surface area contributed by atoms with Crippen LogP contribution in [0.3, 0.4) is 0 Å². The summed E-state index contributed by atoms with van der Waals surface area (Å²) >= 11 is 0. The smallest absolute Gasteiger partial charge is 0.261 e. The fourth-order valence-corrected chi connectivity index (χ4v) is 21.4. The van der Waals surface area contributed by atoms with Crippen molar-refractivity contribution < 1.29 is 32.5 Å². The largest absolute Gasteiger partial charge is 0.410 e. The van der Waals surface area contributed by atoms with E-state index in [0.29, 0.717) is 23.2 Å². The molecule has 8 atom stereocenters. The standard InChI is InChI=1S/C60H94O7Si2/c1-44(2)29-28-31-48(9)41-50(11)57(67-68(45(3)4,46(5)6)47(7)8)58(62-43-61-17)56-40-39-51(64-56)32-25-27-38-55-54(65-60(15,16)66-55)37-26-24-30-49(10)42-63-69(59(12,13)14,52-33-20-18-21-34-52)53-35-22-19-23-36-53/h18-24,26-28,30-31,33-38,45-47,49-51,54-58H,1,9,25,29,32,39-43H2,2-8,10-17H3/b30-24+,31-28+,37-26+,38-27+/t49-,50-,51+,54-,55-,56+,57-,58-/m1/s1. The molecule has 2 aliphatic heterocycles. The van der Waals surface area contributed by atoms with Gasteiger partial charge in [0.1, 0.15) is 25.1 Å². The highest BCUT2D eigenvalue weighted by molar-refractivity contribution is 6.99. The number of ether oxygens (including phenoxy) is 5. The van der Waals surface area contributed by atoms with E-state index in [1.165, 1.54) is 10.4 Å². The number of allylic oxidation sites excluding steroid dienone is 7. The van der Waals surface area contributed by atoms with Crippen molar-refractivity contribution in [3.8, 4) is 0 Å². The van der Waals surface area contributed by atoms with Crippen LogP contribution in [-0.4, -0.2) is 79.6 Å². The molecule has 0 amide bonds. The van der Waals surface area contributed by atoms with Gasteiger partial charge < -0.3 is 32.5 Å². The molecule has 2 saturated heterocycles. The average molecular weight is 984 g/mol. The van der Waals surface area contributed by atoms with Crippen molar-refractivity contribution in [2.45, 2.75) is 200 Å². The van der Waals surface area contributed by atoms with Crippen LogP contribution >= 0.6 is 0 Å². The van der Waals surface area contributed by atoms with E-state index in [-0.39, 0.29) is 60.3 Å². The van der Waals surface area contributed by atoms with Gasteiger partial charge in [-0.15, -0.1) is 0 Å². The van der Waals surface area contributed by atoms with Crippen molar-refractivity contribution in [3.05, 3.63) is 134 Å². The van der Waals surface area contributed by atoms with E-state index in [9.17, 15) is 0 Å². The third-order valence-corrected chi connectivity index (χ3v) is 25.3. The normalized spacial score (nSPS) is 22.3. The number of hydrogen-bond acceptors (Lipinski definition) is 7. The summed E-state index contributed by atoms with van der Waals surface area (Å²) < 4.78 is 46.8. The minimum Gasteiger partial charge on any atom is -0.410 e. The highest BCUT2D eigenvalue weighted by atomic mass is 28.4. The number of rotatable bonds is 28. The quantitative estimate of drug-likeness (QED) is 0.0364. The second kappa shape index (κ2) is 27.2. The maximum atomic E-state index is 7.68. The Morgan fingerprint density at radius 1 is 0.812 bits per heavy atom. The van der Waals surface area contributed by atoms with Crippen LogP contribution in [0.25, 0.3) is 0 Å². The van der Waals surface area contributed by atoms with Crippen LogP contribution in [0, 0.1) is 11.8 Å². The van der Waals surface area contributed by atoms with Gasteiger partial charge in [0.25, 0.3) is 8.32 Å². The molecular weight excluding hydrogens is 889 g/mol. The zero-order valence-corrected chi connectivity index (χ0v) is 47.7. The summed E-state index contributed by atoms with van der Waals surface area (Å²) in [5.74, 6) is -0.330. The SMILES string of the molecule is C=C(C)C/C=C/C(=C)C[C@@H](C)[C@@H](O[Si](C(C)C)(C(C)C)C(C)C)[C@H](OCOC)[C@@H]1CC[C@H](CC/C=C/[C@H]2OC(C)(C)O[C@@H]2/C=C/C=C/[C@@H](C)CO[Si](c2ccccc2)(c2ccccc2)C(C)(C)C)O1. The Morgan fingerprint density at radius 3 is 1.93 bits per heavy atom. The zero-order valence-electron chi connectivity index (χ0n) is 45.7.